The van der Waals surface area contributed by atoms with Crippen molar-refractivity contribution in [2.24, 2.45) is 7.05 Å². The molecule has 20 heavy (non-hydrogen) atoms. The van der Waals surface area contributed by atoms with Crippen LogP contribution in [0.3, 0.4) is 0 Å². The first kappa shape index (κ1) is 12.4. The van der Waals surface area contributed by atoms with Gasteiger partial charge in [-0.25, -0.2) is 9.78 Å². The van der Waals surface area contributed by atoms with E-state index in [1.54, 1.807) is 15.8 Å². The smallest absolute Gasteiger partial charge is 0.354 e. The van der Waals surface area contributed by atoms with E-state index in [4.69, 9.17) is 5.11 Å². The minimum Gasteiger partial charge on any atom is -0.477 e. The highest BCUT2D eigenvalue weighted by molar-refractivity contribution is 5.86. The van der Waals surface area contributed by atoms with E-state index in [1.807, 2.05) is 7.05 Å². The Morgan fingerprint density at radius 3 is 2.85 bits per heavy atom. The molecule has 104 valence electrons. The Labute approximate surface area is 114 Å². The summed E-state index contributed by atoms with van der Waals surface area (Å²) in [7, 11) is 1.84. The molecule has 0 saturated carbocycles. The third kappa shape index (κ3) is 1.94. The monoisotopic (exact) mass is 275 g/mol. The predicted molar refractivity (Wildman–Crippen MR) is 66.6 cm³/mol. The molecule has 1 N–H and O–H groups in total. The summed E-state index contributed by atoms with van der Waals surface area (Å²) in [5.74, 6) is -1.23. The van der Waals surface area contributed by atoms with Crippen LogP contribution in [0, 0.1) is 0 Å². The van der Waals surface area contributed by atoms with Crippen molar-refractivity contribution >= 4 is 11.9 Å². The normalized spacial score (nSPS) is 13.6. The lowest BCUT2D eigenvalue weighted by Gasteiger charge is -2.16. The number of aromatic carboxylic acids is 1. The molecule has 1 amide bonds. The van der Waals surface area contributed by atoms with Crippen molar-refractivity contribution in [1.29, 1.82) is 0 Å². The van der Waals surface area contributed by atoms with Gasteiger partial charge in [-0.3, -0.25) is 9.48 Å². The molecule has 0 spiro atoms. The fraction of sp³-hybridized carbons (Fsp3) is 0.333. The maximum Gasteiger partial charge on any atom is 0.354 e. The number of amides is 1. The first-order chi connectivity index (χ1) is 9.56. The van der Waals surface area contributed by atoms with Gasteiger partial charge in [0.15, 0.2) is 0 Å². The summed E-state index contributed by atoms with van der Waals surface area (Å²) in [5.41, 5.74) is 2.06. The third-order valence-corrected chi connectivity index (χ3v) is 3.44. The fourth-order valence-electron chi connectivity index (χ4n) is 2.33. The topological polar surface area (TPSA) is 93.3 Å². The number of carbonyl (C=O) groups excluding carboxylic acids is 1. The van der Waals surface area contributed by atoms with Crippen LogP contribution in [-0.4, -0.2) is 41.2 Å². The Morgan fingerprint density at radius 2 is 2.15 bits per heavy atom. The summed E-state index contributed by atoms with van der Waals surface area (Å²) in [5, 5.41) is 13.1. The van der Waals surface area contributed by atoms with Crippen LogP contribution in [-0.2, 0) is 31.5 Å². The molecular weight excluding hydrogens is 262 g/mol. The number of aromatic nitrogens is 4. The van der Waals surface area contributed by atoms with Crippen molar-refractivity contribution in [3.8, 4) is 0 Å². The second-order valence-electron chi connectivity index (χ2n) is 4.70. The fourth-order valence-corrected chi connectivity index (χ4v) is 2.33. The number of nitrogens with zero attached hydrogens (tertiary/aromatic N) is 5. The van der Waals surface area contributed by atoms with E-state index in [0.717, 1.165) is 11.3 Å². The van der Waals surface area contributed by atoms with Crippen LogP contribution in [0.25, 0.3) is 0 Å². The van der Waals surface area contributed by atoms with Crippen LogP contribution in [0.2, 0.25) is 0 Å². The predicted octanol–water partition coefficient (Wildman–Crippen LogP) is -0.143. The van der Waals surface area contributed by atoms with Gasteiger partial charge in [0.1, 0.15) is 12.2 Å². The van der Waals surface area contributed by atoms with Crippen molar-refractivity contribution in [3.05, 3.63) is 35.7 Å². The minimum atomic E-state index is -1.09. The highest BCUT2D eigenvalue weighted by Crippen LogP contribution is 2.22. The first-order valence-corrected chi connectivity index (χ1v) is 6.07. The maximum atomic E-state index is 12.2. The number of fused-ring (bicyclic) bond motifs is 1. The molecule has 0 atom stereocenters. The number of rotatable bonds is 3. The second kappa shape index (κ2) is 4.48. The number of imidazole rings is 1. The SMILES string of the molecule is Cn1ncc2c1CN(C(=O)Cn1cncc1C(=O)O)C2. The van der Waals surface area contributed by atoms with E-state index in [-0.39, 0.29) is 18.1 Å². The molecule has 0 fully saturated rings. The van der Waals surface area contributed by atoms with E-state index >= 15 is 0 Å². The van der Waals surface area contributed by atoms with Gasteiger partial charge in [0.05, 0.1) is 31.0 Å². The summed E-state index contributed by atoms with van der Waals surface area (Å²) < 4.78 is 3.09. The van der Waals surface area contributed by atoms with Crippen molar-refractivity contribution in [3.63, 3.8) is 0 Å². The van der Waals surface area contributed by atoms with E-state index in [2.05, 4.69) is 10.1 Å². The van der Waals surface area contributed by atoms with E-state index in [1.165, 1.54) is 17.1 Å². The van der Waals surface area contributed by atoms with Gasteiger partial charge in [-0.05, 0) is 0 Å². The molecule has 1 aliphatic rings. The Hall–Kier alpha value is -2.64. The average Bonchev–Trinajstić information content (AvgIpc) is 3.06. The summed E-state index contributed by atoms with van der Waals surface area (Å²) in [4.78, 5) is 28.6. The van der Waals surface area contributed by atoms with Gasteiger partial charge in [0.2, 0.25) is 5.91 Å². The van der Waals surface area contributed by atoms with Crippen LogP contribution in [0.15, 0.2) is 18.7 Å². The molecule has 0 aromatic carbocycles. The molecule has 1 aliphatic heterocycles. The zero-order valence-corrected chi connectivity index (χ0v) is 10.9. The number of hydrogen-bond donors (Lipinski definition) is 1. The number of carboxylic acids is 1. The van der Waals surface area contributed by atoms with Gasteiger partial charge in [0.25, 0.3) is 0 Å². The van der Waals surface area contributed by atoms with Crippen molar-refractivity contribution < 1.29 is 14.7 Å². The lowest BCUT2D eigenvalue weighted by Crippen LogP contribution is -2.30. The summed E-state index contributed by atoms with van der Waals surface area (Å²) in [6.07, 6.45) is 4.34. The van der Waals surface area contributed by atoms with Gasteiger partial charge in [0, 0.05) is 19.2 Å². The molecule has 0 bridgehead atoms. The molecule has 2 aromatic rings. The zero-order valence-electron chi connectivity index (χ0n) is 10.9. The maximum absolute atomic E-state index is 12.2. The van der Waals surface area contributed by atoms with Crippen LogP contribution in [0.1, 0.15) is 21.7 Å². The van der Waals surface area contributed by atoms with E-state index in [0.29, 0.717) is 13.1 Å². The Balaban J connectivity index is 1.72. The molecule has 0 aliphatic carbocycles. The van der Waals surface area contributed by atoms with Crippen LogP contribution >= 0.6 is 0 Å². The standard InChI is InChI=1S/C12H13N5O3/c1-15-10-5-16(4-8(10)2-14-15)11(18)6-17-7-13-3-9(17)12(19)20/h2-3,7H,4-6H2,1H3,(H,19,20). The van der Waals surface area contributed by atoms with E-state index < -0.39 is 5.97 Å². The largest absolute Gasteiger partial charge is 0.477 e. The lowest BCUT2D eigenvalue weighted by molar-refractivity contribution is -0.132. The Kier molecular flexibility index (Phi) is 2.78. The summed E-state index contributed by atoms with van der Waals surface area (Å²) >= 11 is 0. The number of hydrogen-bond acceptors (Lipinski definition) is 4. The van der Waals surface area contributed by atoms with Crippen LogP contribution < -0.4 is 0 Å². The minimum absolute atomic E-state index is 0.0109. The summed E-state index contributed by atoms with van der Waals surface area (Å²) in [6.45, 7) is 0.990. The summed E-state index contributed by atoms with van der Waals surface area (Å²) in [6, 6.07) is 0. The molecule has 3 heterocycles. The van der Waals surface area contributed by atoms with Crippen LogP contribution in [0.5, 0.6) is 0 Å². The lowest BCUT2D eigenvalue weighted by atomic mass is 10.3. The molecule has 3 rings (SSSR count). The molecule has 8 nitrogen and oxygen atoms in total. The highest BCUT2D eigenvalue weighted by atomic mass is 16.4. The third-order valence-electron chi connectivity index (χ3n) is 3.44. The van der Waals surface area contributed by atoms with Crippen molar-refractivity contribution in [2.75, 3.05) is 0 Å². The average molecular weight is 275 g/mol. The quantitative estimate of drug-likeness (QED) is 0.841. The molecular formula is C12H13N5O3. The Morgan fingerprint density at radius 1 is 1.35 bits per heavy atom. The van der Waals surface area contributed by atoms with Crippen molar-refractivity contribution in [1.82, 2.24) is 24.2 Å². The van der Waals surface area contributed by atoms with Gasteiger partial charge in [-0.1, -0.05) is 0 Å². The molecule has 0 saturated heterocycles. The van der Waals surface area contributed by atoms with Crippen LogP contribution in [0.4, 0.5) is 0 Å². The number of carboxylic acid groups (broad SMARTS) is 1. The number of carbonyl (C=O) groups is 2. The molecule has 2 aromatic heterocycles. The van der Waals surface area contributed by atoms with Gasteiger partial charge >= 0.3 is 5.97 Å². The second-order valence-corrected chi connectivity index (χ2v) is 4.70. The molecule has 8 heteroatoms. The zero-order chi connectivity index (χ0) is 14.3. The molecule has 0 unspecified atom stereocenters. The Bertz CT molecular complexity index is 687. The molecule has 0 radical (unpaired) electrons. The highest BCUT2D eigenvalue weighted by Gasteiger charge is 2.26. The number of aryl methyl sites for hydroxylation is 1. The van der Waals surface area contributed by atoms with Gasteiger partial charge in [-0.15, -0.1) is 0 Å². The van der Waals surface area contributed by atoms with Crippen molar-refractivity contribution in [2.45, 2.75) is 19.6 Å². The van der Waals surface area contributed by atoms with E-state index in [9.17, 15) is 9.59 Å². The van der Waals surface area contributed by atoms with Gasteiger partial charge in [-0.2, -0.15) is 5.10 Å². The van der Waals surface area contributed by atoms with Gasteiger partial charge < -0.3 is 14.6 Å². The first-order valence-electron chi connectivity index (χ1n) is 6.07.